The summed E-state index contributed by atoms with van der Waals surface area (Å²) in [6.07, 6.45) is 4.77. The van der Waals surface area contributed by atoms with E-state index in [1.165, 1.54) is 6.42 Å². The number of nitrogens with one attached hydrogen (secondary N) is 2. The van der Waals surface area contributed by atoms with E-state index in [9.17, 15) is 4.79 Å². The molecule has 2 saturated carbocycles. The molecule has 0 unspecified atom stereocenters. The van der Waals surface area contributed by atoms with Gasteiger partial charge in [-0.2, -0.15) is 0 Å². The number of rotatable bonds is 6. The predicted octanol–water partition coefficient (Wildman–Crippen LogP) is 2.33. The third-order valence-corrected chi connectivity index (χ3v) is 5.37. The molecule has 0 aromatic heterocycles. The first-order valence-electron chi connectivity index (χ1n) is 8.52. The number of hydrogen-bond donors (Lipinski definition) is 3. The van der Waals surface area contributed by atoms with E-state index in [1.807, 2.05) is 31.2 Å². The Balaban J connectivity index is 1.48. The molecule has 2 aliphatic carbocycles. The number of urea groups is 1. The van der Waals surface area contributed by atoms with E-state index >= 15 is 0 Å². The summed E-state index contributed by atoms with van der Waals surface area (Å²) in [5.41, 5.74) is 2.03. The van der Waals surface area contributed by atoms with Crippen LogP contribution in [0, 0.1) is 5.41 Å². The Kier molecular flexibility index (Phi) is 4.87. The van der Waals surface area contributed by atoms with Crippen LogP contribution in [0.25, 0.3) is 0 Å². The molecule has 5 heteroatoms. The molecule has 0 radical (unpaired) electrons. The highest BCUT2D eigenvalue weighted by atomic mass is 16.5. The fourth-order valence-electron chi connectivity index (χ4n) is 3.87. The molecular formula is C18H26N2O3. The van der Waals surface area contributed by atoms with Crippen LogP contribution >= 0.6 is 0 Å². The lowest BCUT2D eigenvalue weighted by Crippen LogP contribution is -2.68. The van der Waals surface area contributed by atoms with Crippen molar-refractivity contribution in [1.29, 1.82) is 0 Å². The second-order valence-corrected chi connectivity index (χ2v) is 6.62. The van der Waals surface area contributed by atoms with Crippen LogP contribution in [0.15, 0.2) is 24.3 Å². The SMILES string of the molecule is CCO[C@@H]1C[C@H](NC(=O)NCc2cccc(CO)c2)C12CCC2. The molecule has 0 aliphatic heterocycles. The van der Waals surface area contributed by atoms with E-state index in [-0.39, 0.29) is 24.1 Å². The number of amides is 2. The maximum atomic E-state index is 12.2. The standard InChI is InChI=1S/C18H26N2O3/c1-2-23-16-10-15(18(16)7-4-8-18)20-17(22)19-11-13-5-3-6-14(9-13)12-21/h3,5-6,9,15-16,21H,2,4,7-8,10-12H2,1H3,(H2,19,20,22)/t15-,16+/m0/s1. The number of ether oxygens (including phenoxy) is 1. The van der Waals surface area contributed by atoms with E-state index < -0.39 is 0 Å². The molecule has 5 nitrogen and oxygen atoms in total. The summed E-state index contributed by atoms with van der Waals surface area (Å²) >= 11 is 0. The Morgan fingerprint density at radius 3 is 2.83 bits per heavy atom. The topological polar surface area (TPSA) is 70.6 Å². The minimum absolute atomic E-state index is 0.0173. The van der Waals surface area contributed by atoms with Gasteiger partial charge in [-0.3, -0.25) is 0 Å². The van der Waals surface area contributed by atoms with Gasteiger partial charge in [0.25, 0.3) is 0 Å². The zero-order valence-electron chi connectivity index (χ0n) is 13.7. The summed E-state index contributed by atoms with van der Waals surface area (Å²) in [5.74, 6) is 0. The summed E-state index contributed by atoms with van der Waals surface area (Å²) in [7, 11) is 0. The second-order valence-electron chi connectivity index (χ2n) is 6.62. The Morgan fingerprint density at radius 2 is 2.17 bits per heavy atom. The molecule has 2 aliphatic rings. The zero-order chi connectivity index (χ0) is 16.3. The minimum atomic E-state index is -0.120. The number of aliphatic hydroxyl groups excluding tert-OH is 1. The summed E-state index contributed by atoms with van der Waals surface area (Å²) in [4.78, 5) is 12.2. The van der Waals surface area contributed by atoms with E-state index in [0.717, 1.165) is 37.0 Å². The van der Waals surface area contributed by atoms with Gasteiger partial charge in [0.05, 0.1) is 12.7 Å². The van der Waals surface area contributed by atoms with E-state index in [1.54, 1.807) is 0 Å². The van der Waals surface area contributed by atoms with Gasteiger partial charge in [-0.25, -0.2) is 4.79 Å². The summed E-state index contributed by atoms with van der Waals surface area (Å²) in [6, 6.07) is 7.72. The molecule has 2 atom stereocenters. The zero-order valence-corrected chi connectivity index (χ0v) is 13.7. The van der Waals surface area contributed by atoms with Gasteiger partial charge in [0.15, 0.2) is 0 Å². The van der Waals surface area contributed by atoms with Gasteiger partial charge in [0.2, 0.25) is 0 Å². The van der Waals surface area contributed by atoms with Crippen LogP contribution in [0.4, 0.5) is 4.79 Å². The van der Waals surface area contributed by atoms with Crippen LogP contribution in [0.3, 0.4) is 0 Å². The van der Waals surface area contributed by atoms with Crippen molar-refractivity contribution in [3.63, 3.8) is 0 Å². The molecule has 0 heterocycles. The van der Waals surface area contributed by atoms with Crippen LogP contribution in [0.2, 0.25) is 0 Å². The predicted molar refractivity (Wildman–Crippen MR) is 87.8 cm³/mol. The van der Waals surface area contributed by atoms with Crippen molar-refractivity contribution in [2.75, 3.05) is 6.61 Å². The van der Waals surface area contributed by atoms with Gasteiger partial charge in [-0.05, 0) is 37.3 Å². The average Bonchev–Trinajstić information content (AvgIpc) is 2.50. The van der Waals surface area contributed by atoms with Crippen LogP contribution < -0.4 is 10.6 Å². The molecule has 1 aromatic rings. The van der Waals surface area contributed by atoms with Crippen LogP contribution in [0.5, 0.6) is 0 Å². The van der Waals surface area contributed by atoms with Crippen LogP contribution in [0.1, 0.15) is 43.7 Å². The Hall–Kier alpha value is -1.59. The smallest absolute Gasteiger partial charge is 0.315 e. The molecule has 126 valence electrons. The molecule has 3 N–H and O–H groups in total. The van der Waals surface area contributed by atoms with Gasteiger partial charge >= 0.3 is 6.03 Å². The monoisotopic (exact) mass is 318 g/mol. The highest BCUT2D eigenvalue weighted by molar-refractivity contribution is 5.74. The molecule has 0 saturated heterocycles. The summed E-state index contributed by atoms with van der Waals surface area (Å²) in [6.45, 7) is 3.25. The maximum absolute atomic E-state index is 12.2. The number of carbonyl (C=O) groups is 1. The van der Waals surface area contributed by atoms with Crippen molar-refractivity contribution in [3.8, 4) is 0 Å². The molecule has 1 spiro atoms. The van der Waals surface area contributed by atoms with Crippen molar-refractivity contribution in [2.45, 2.75) is 57.9 Å². The number of benzene rings is 1. The molecule has 23 heavy (non-hydrogen) atoms. The van der Waals surface area contributed by atoms with Gasteiger partial charge in [-0.1, -0.05) is 30.7 Å². The third kappa shape index (κ3) is 3.21. The summed E-state index contributed by atoms with van der Waals surface area (Å²) < 4.78 is 5.81. The normalized spacial score (nSPS) is 24.6. The Morgan fingerprint density at radius 1 is 1.39 bits per heavy atom. The number of hydrogen-bond acceptors (Lipinski definition) is 3. The van der Waals surface area contributed by atoms with Gasteiger partial charge < -0.3 is 20.5 Å². The molecule has 3 rings (SSSR count). The first-order valence-corrected chi connectivity index (χ1v) is 8.52. The number of carbonyl (C=O) groups excluding carboxylic acids is 1. The molecule has 2 fully saturated rings. The fourth-order valence-corrected chi connectivity index (χ4v) is 3.87. The average molecular weight is 318 g/mol. The minimum Gasteiger partial charge on any atom is -0.392 e. The van der Waals surface area contributed by atoms with Crippen molar-refractivity contribution in [3.05, 3.63) is 35.4 Å². The molecule has 2 amide bonds. The van der Waals surface area contributed by atoms with E-state index in [4.69, 9.17) is 9.84 Å². The van der Waals surface area contributed by atoms with Gasteiger partial charge in [0, 0.05) is 24.6 Å². The lowest BCUT2D eigenvalue weighted by molar-refractivity contribution is -0.169. The van der Waals surface area contributed by atoms with Crippen molar-refractivity contribution in [2.24, 2.45) is 5.41 Å². The second kappa shape index (κ2) is 6.89. The van der Waals surface area contributed by atoms with Crippen molar-refractivity contribution in [1.82, 2.24) is 10.6 Å². The van der Waals surface area contributed by atoms with Crippen LogP contribution in [-0.4, -0.2) is 29.9 Å². The van der Waals surface area contributed by atoms with Crippen molar-refractivity contribution >= 4 is 6.03 Å². The summed E-state index contributed by atoms with van der Waals surface area (Å²) in [5, 5.41) is 15.2. The van der Waals surface area contributed by atoms with Gasteiger partial charge in [-0.15, -0.1) is 0 Å². The van der Waals surface area contributed by atoms with Crippen molar-refractivity contribution < 1.29 is 14.6 Å². The molecule has 0 bridgehead atoms. The molecule has 1 aromatic carbocycles. The maximum Gasteiger partial charge on any atom is 0.315 e. The number of aliphatic hydroxyl groups is 1. The van der Waals surface area contributed by atoms with Crippen LogP contribution in [-0.2, 0) is 17.9 Å². The molecular weight excluding hydrogens is 292 g/mol. The largest absolute Gasteiger partial charge is 0.392 e. The van der Waals surface area contributed by atoms with Gasteiger partial charge in [0.1, 0.15) is 0 Å². The lowest BCUT2D eigenvalue weighted by Gasteiger charge is -2.60. The lowest BCUT2D eigenvalue weighted by atomic mass is 9.51. The highest BCUT2D eigenvalue weighted by Crippen LogP contribution is 2.57. The first kappa shape index (κ1) is 16.3. The van der Waals surface area contributed by atoms with E-state index in [2.05, 4.69) is 10.6 Å². The first-order chi connectivity index (χ1) is 11.2. The van der Waals surface area contributed by atoms with E-state index in [0.29, 0.717) is 12.6 Å². The Labute approximate surface area is 137 Å². The quantitative estimate of drug-likeness (QED) is 0.754. The third-order valence-electron chi connectivity index (χ3n) is 5.37. The Bertz CT molecular complexity index is 557. The fraction of sp³-hybridized carbons (Fsp3) is 0.611. The highest BCUT2D eigenvalue weighted by Gasteiger charge is 2.59.